The highest BCUT2D eigenvalue weighted by atomic mass is 35.5. The number of rotatable bonds is 3. The van der Waals surface area contributed by atoms with Crippen molar-refractivity contribution in [3.63, 3.8) is 0 Å². The number of nitrogens with two attached hydrogens (primary N) is 1. The molecule has 0 aromatic heterocycles. The van der Waals surface area contributed by atoms with Gasteiger partial charge in [-0.3, -0.25) is 4.79 Å². The number of carbonyl (C=O) groups is 1. The summed E-state index contributed by atoms with van der Waals surface area (Å²) in [5.74, 6) is 0.440. The second-order valence-electron chi connectivity index (χ2n) is 6.97. The van der Waals surface area contributed by atoms with E-state index < -0.39 is 11.7 Å². The van der Waals surface area contributed by atoms with Gasteiger partial charge in [-0.1, -0.05) is 6.42 Å². The van der Waals surface area contributed by atoms with Gasteiger partial charge in [0.25, 0.3) is 0 Å². The smallest absolute Gasteiger partial charge is 0.368 e. The molecule has 0 unspecified atom stereocenters. The van der Waals surface area contributed by atoms with Gasteiger partial charge in [-0.25, -0.2) is 0 Å². The van der Waals surface area contributed by atoms with Crippen molar-refractivity contribution in [3.8, 4) is 0 Å². The second kappa shape index (κ2) is 8.48. The lowest BCUT2D eigenvalue weighted by Crippen LogP contribution is -2.49. The van der Waals surface area contributed by atoms with Crippen LogP contribution in [0.1, 0.15) is 31.2 Å². The Morgan fingerprint density at radius 2 is 1.69 bits per heavy atom. The van der Waals surface area contributed by atoms with Crippen LogP contribution in [0.4, 0.5) is 18.9 Å². The Labute approximate surface area is 157 Å². The van der Waals surface area contributed by atoms with E-state index in [1.54, 1.807) is 0 Å². The fourth-order valence-corrected chi connectivity index (χ4v) is 3.75. The number of piperazine rings is 1. The Bertz CT molecular complexity index is 601. The summed E-state index contributed by atoms with van der Waals surface area (Å²) < 4.78 is 37.9. The van der Waals surface area contributed by atoms with Gasteiger partial charge < -0.3 is 15.5 Å². The Morgan fingerprint density at radius 1 is 1.08 bits per heavy atom. The van der Waals surface area contributed by atoms with E-state index in [9.17, 15) is 18.0 Å². The fourth-order valence-electron chi connectivity index (χ4n) is 3.75. The number of hydrogen-bond donors (Lipinski definition) is 1. The molecule has 26 heavy (non-hydrogen) atoms. The molecule has 1 aliphatic heterocycles. The normalized spacial score (nSPS) is 23.7. The van der Waals surface area contributed by atoms with Crippen LogP contribution in [-0.4, -0.2) is 43.0 Å². The number of amides is 1. The van der Waals surface area contributed by atoms with Crippen LogP contribution in [0.5, 0.6) is 0 Å². The third-order valence-corrected chi connectivity index (χ3v) is 5.35. The topological polar surface area (TPSA) is 49.6 Å². The summed E-state index contributed by atoms with van der Waals surface area (Å²) >= 11 is 0. The van der Waals surface area contributed by atoms with Crippen molar-refractivity contribution >= 4 is 24.0 Å². The fraction of sp³-hybridized carbons (Fsp3) is 0.611. The number of halogens is 4. The van der Waals surface area contributed by atoms with Crippen LogP contribution in [0.2, 0.25) is 0 Å². The van der Waals surface area contributed by atoms with E-state index in [1.165, 1.54) is 12.1 Å². The zero-order chi connectivity index (χ0) is 18.0. The molecule has 146 valence electrons. The van der Waals surface area contributed by atoms with E-state index in [-0.39, 0.29) is 24.4 Å². The molecule has 2 N–H and O–H groups in total. The molecule has 1 aromatic rings. The predicted molar refractivity (Wildman–Crippen MR) is 97.4 cm³/mol. The molecule has 2 aliphatic rings. The molecule has 1 heterocycles. The molecule has 4 nitrogen and oxygen atoms in total. The molecular weight excluding hydrogens is 367 g/mol. The Morgan fingerprint density at radius 3 is 2.19 bits per heavy atom. The van der Waals surface area contributed by atoms with Crippen molar-refractivity contribution in [1.29, 1.82) is 0 Å². The molecule has 1 aliphatic carbocycles. The lowest BCUT2D eigenvalue weighted by atomic mass is 9.99. The first-order valence-electron chi connectivity index (χ1n) is 8.80. The Balaban J connectivity index is 0.00000243. The van der Waals surface area contributed by atoms with Crippen LogP contribution >= 0.6 is 12.4 Å². The highest BCUT2D eigenvalue weighted by molar-refractivity contribution is 5.85. The number of hydrogen-bond acceptors (Lipinski definition) is 3. The molecule has 2 fully saturated rings. The maximum absolute atomic E-state index is 12.6. The highest BCUT2D eigenvalue weighted by Gasteiger charge is 2.31. The molecule has 8 heteroatoms. The average Bonchev–Trinajstić information content (AvgIpc) is 2.99. The zero-order valence-corrected chi connectivity index (χ0v) is 15.4. The van der Waals surface area contributed by atoms with E-state index in [2.05, 4.69) is 0 Å². The van der Waals surface area contributed by atoms with Gasteiger partial charge in [0.1, 0.15) is 0 Å². The Hall–Kier alpha value is -1.47. The summed E-state index contributed by atoms with van der Waals surface area (Å²) in [6.07, 6.45) is -0.676. The molecular formula is C18H25ClF3N3O. The predicted octanol–water partition coefficient (Wildman–Crippen LogP) is 3.29. The molecule has 0 radical (unpaired) electrons. The van der Waals surface area contributed by atoms with Gasteiger partial charge in [0.2, 0.25) is 5.91 Å². The van der Waals surface area contributed by atoms with Gasteiger partial charge in [0.05, 0.1) is 5.56 Å². The standard InChI is InChI=1S/C18H24F3N3O.ClH/c19-18(20,21)14-4-6-15(7-5-14)23-8-10-24(11-9-23)17(25)12-13-2-1-3-16(13)22;/h4-7,13,16H,1-3,8-12,22H2;1H/t13-,16+;/m0./s1. The molecule has 1 saturated heterocycles. The minimum atomic E-state index is -4.31. The van der Waals surface area contributed by atoms with E-state index in [0.717, 1.165) is 37.1 Å². The number of nitrogens with zero attached hydrogens (tertiary/aromatic N) is 2. The first kappa shape index (κ1) is 20.8. The van der Waals surface area contributed by atoms with Crippen LogP contribution in [-0.2, 0) is 11.0 Å². The lowest BCUT2D eigenvalue weighted by Gasteiger charge is -2.36. The third-order valence-electron chi connectivity index (χ3n) is 5.35. The highest BCUT2D eigenvalue weighted by Crippen LogP contribution is 2.31. The van der Waals surface area contributed by atoms with Gasteiger partial charge in [-0.2, -0.15) is 13.2 Å². The third kappa shape index (κ3) is 4.82. The summed E-state index contributed by atoms with van der Waals surface area (Å²) in [6, 6.07) is 5.34. The van der Waals surface area contributed by atoms with Crippen molar-refractivity contribution in [2.45, 2.75) is 37.9 Å². The quantitative estimate of drug-likeness (QED) is 0.860. The maximum Gasteiger partial charge on any atom is 0.416 e. The van der Waals surface area contributed by atoms with Gasteiger partial charge in [0, 0.05) is 44.3 Å². The molecule has 2 atom stereocenters. The van der Waals surface area contributed by atoms with E-state index in [0.29, 0.717) is 38.5 Å². The minimum absolute atomic E-state index is 0. The molecule has 0 spiro atoms. The van der Waals surface area contributed by atoms with Crippen LogP contribution < -0.4 is 10.6 Å². The van der Waals surface area contributed by atoms with Crippen molar-refractivity contribution in [2.75, 3.05) is 31.1 Å². The molecule has 1 amide bonds. The van der Waals surface area contributed by atoms with Crippen LogP contribution in [0.3, 0.4) is 0 Å². The summed E-state index contributed by atoms with van der Waals surface area (Å²) in [6.45, 7) is 2.46. The maximum atomic E-state index is 12.6. The summed E-state index contributed by atoms with van der Waals surface area (Å²) in [7, 11) is 0. The summed E-state index contributed by atoms with van der Waals surface area (Å²) in [5, 5.41) is 0. The van der Waals surface area contributed by atoms with Crippen LogP contribution in [0, 0.1) is 5.92 Å². The molecule has 3 rings (SSSR count). The monoisotopic (exact) mass is 391 g/mol. The SMILES string of the molecule is Cl.N[C@@H]1CCC[C@H]1CC(=O)N1CCN(c2ccc(C(F)(F)F)cc2)CC1. The summed E-state index contributed by atoms with van der Waals surface area (Å²) in [5.41, 5.74) is 6.16. The number of alkyl halides is 3. The first-order valence-corrected chi connectivity index (χ1v) is 8.80. The van der Waals surface area contributed by atoms with Gasteiger partial charge in [-0.15, -0.1) is 12.4 Å². The van der Waals surface area contributed by atoms with Crippen molar-refractivity contribution < 1.29 is 18.0 Å². The number of benzene rings is 1. The number of carbonyl (C=O) groups excluding carboxylic acids is 1. The average molecular weight is 392 g/mol. The molecule has 1 saturated carbocycles. The lowest BCUT2D eigenvalue weighted by molar-refractivity contribution is -0.137. The minimum Gasteiger partial charge on any atom is -0.368 e. The van der Waals surface area contributed by atoms with Crippen LogP contribution in [0.15, 0.2) is 24.3 Å². The zero-order valence-electron chi connectivity index (χ0n) is 14.5. The number of anilines is 1. The van der Waals surface area contributed by atoms with Gasteiger partial charge in [0.15, 0.2) is 0 Å². The summed E-state index contributed by atoms with van der Waals surface area (Å²) in [4.78, 5) is 16.3. The van der Waals surface area contributed by atoms with Crippen molar-refractivity contribution in [1.82, 2.24) is 4.90 Å². The first-order chi connectivity index (χ1) is 11.8. The molecule has 1 aromatic carbocycles. The van der Waals surface area contributed by atoms with E-state index in [4.69, 9.17) is 5.73 Å². The Kier molecular flexibility index (Phi) is 6.80. The second-order valence-corrected chi connectivity index (χ2v) is 6.97. The van der Waals surface area contributed by atoms with Gasteiger partial charge in [-0.05, 0) is 43.0 Å². The van der Waals surface area contributed by atoms with E-state index in [1.807, 2.05) is 9.80 Å². The van der Waals surface area contributed by atoms with Gasteiger partial charge >= 0.3 is 6.18 Å². The van der Waals surface area contributed by atoms with Crippen molar-refractivity contribution in [3.05, 3.63) is 29.8 Å². The largest absolute Gasteiger partial charge is 0.416 e. The van der Waals surface area contributed by atoms with E-state index >= 15 is 0 Å². The molecule has 0 bridgehead atoms. The van der Waals surface area contributed by atoms with Crippen molar-refractivity contribution in [2.24, 2.45) is 11.7 Å². The van der Waals surface area contributed by atoms with Crippen LogP contribution in [0.25, 0.3) is 0 Å².